The molecule has 1 aliphatic heterocycles. The lowest BCUT2D eigenvalue weighted by molar-refractivity contribution is -0.120. The molecule has 0 bridgehead atoms. The number of nitrogens with zero attached hydrogens (tertiary/aromatic N) is 1. The predicted molar refractivity (Wildman–Crippen MR) is 126 cm³/mol. The lowest BCUT2D eigenvalue weighted by Crippen LogP contribution is -2.40. The van der Waals surface area contributed by atoms with Gasteiger partial charge in [-0.1, -0.05) is 41.5 Å². The van der Waals surface area contributed by atoms with E-state index in [0.29, 0.717) is 0 Å². The maximum Gasteiger partial charge on any atom is 0.246 e. The second kappa shape index (κ2) is 6.11. The van der Waals surface area contributed by atoms with Gasteiger partial charge in [-0.2, -0.15) is 0 Å². The SMILES string of the molecule is Cc1ccc2[nH]cc(C3(c4c[nH]c5ccc(C)cc45)C(=O)N(C)c4ccccc43)c2c1. The average molecular weight is 406 g/mol. The fraction of sp³-hybridized carbons (Fsp3) is 0.148. The Morgan fingerprint density at radius 3 is 1.87 bits per heavy atom. The van der Waals surface area contributed by atoms with Crippen molar-refractivity contribution in [3.05, 3.63) is 101 Å². The average Bonchev–Trinajstić information content (AvgIpc) is 3.43. The number of nitrogens with one attached hydrogen (secondary N) is 2. The Morgan fingerprint density at radius 1 is 0.742 bits per heavy atom. The van der Waals surface area contributed by atoms with Gasteiger partial charge < -0.3 is 14.9 Å². The highest BCUT2D eigenvalue weighted by atomic mass is 16.2. The molecule has 0 fully saturated rings. The van der Waals surface area contributed by atoms with Crippen molar-refractivity contribution >= 4 is 33.4 Å². The third-order valence-electron chi connectivity index (χ3n) is 6.78. The summed E-state index contributed by atoms with van der Waals surface area (Å²) in [4.78, 5) is 22.9. The Bertz CT molecular complexity index is 1420. The summed E-state index contributed by atoms with van der Waals surface area (Å²) in [7, 11) is 1.88. The van der Waals surface area contributed by atoms with Crippen molar-refractivity contribution in [2.75, 3.05) is 11.9 Å². The van der Waals surface area contributed by atoms with Gasteiger partial charge >= 0.3 is 0 Å². The monoisotopic (exact) mass is 405 g/mol. The molecular weight excluding hydrogens is 382 g/mol. The topological polar surface area (TPSA) is 51.9 Å². The molecule has 3 heterocycles. The Kier molecular flexibility index (Phi) is 3.55. The number of aromatic amines is 2. The predicted octanol–water partition coefficient (Wildman–Crippen LogP) is 5.58. The lowest BCUT2D eigenvalue weighted by atomic mass is 9.70. The zero-order valence-electron chi connectivity index (χ0n) is 17.8. The highest BCUT2D eigenvalue weighted by molar-refractivity contribution is 6.16. The first-order valence-corrected chi connectivity index (χ1v) is 10.6. The molecule has 3 aromatic carbocycles. The molecule has 6 rings (SSSR count). The second-order valence-electron chi connectivity index (χ2n) is 8.63. The molecule has 0 spiro atoms. The van der Waals surface area contributed by atoms with E-state index >= 15 is 0 Å². The van der Waals surface area contributed by atoms with Crippen molar-refractivity contribution in [3.8, 4) is 0 Å². The van der Waals surface area contributed by atoms with Crippen LogP contribution >= 0.6 is 0 Å². The molecule has 0 saturated heterocycles. The van der Waals surface area contributed by atoms with Crippen LogP contribution in [-0.4, -0.2) is 22.9 Å². The standard InChI is InChI=1S/C27H23N3O/c1-16-8-10-23-18(12-16)21(14-28-23)27(20-6-4-5-7-25(20)30(3)26(27)31)22-15-29-24-11-9-17(2)13-19(22)24/h4-15,28-29H,1-3H3. The first-order chi connectivity index (χ1) is 15.0. The molecule has 0 radical (unpaired) electrons. The molecule has 2 aromatic heterocycles. The molecule has 0 atom stereocenters. The van der Waals surface area contributed by atoms with E-state index in [9.17, 15) is 4.79 Å². The number of benzene rings is 3. The number of amides is 1. The number of para-hydroxylation sites is 1. The number of carbonyl (C=O) groups excluding carboxylic acids is 1. The first kappa shape index (κ1) is 18.0. The fourth-order valence-corrected chi connectivity index (χ4v) is 5.31. The number of fused-ring (bicyclic) bond motifs is 3. The summed E-state index contributed by atoms with van der Waals surface area (Å²) >= 11 is 0. The van der Waals surface area contributed by atoms with Gasteiger partial charge in [0, 0.05) is 63.6 Å². The lowest BCUT2D eigenvalue weighted by Gasteiger charge is -2.28. The summed E-state index contributed by atoms with van der Waals surface area (Å²) in [6.07, 6.45) is 4.04. The van der Waals surface area contributed by atoms with Crippen molar-refractivity contribution in [3.63, 3.8) is 0 Å². The van der Waals surface area contributed by atoms with E-state index in [-0.39, 0.29) is 5.91 Å². The van der Waals surface area contributed by atoms with Crippen LogP contribution in [0.3, 0.4) is 0 Å². The Labute approximate surface area is 180 Å². The number of anilines is 1. The van der Waals surface area contributed by atoms with Gasteiger partial charge in [0.25, 0.3) is 0 Å². The summed E-state index contributed by atoms with van der Waals surface area (Å²) < 4.78 is 0. The highest BCUT2D eigenvalue weighted by Gasteiger charge is 2.54. The molecule has 0 aliphatic carbocycles. The molecule has 1 aliphatic rings. The molecular formula is C27H23N3O. The van der Waals surface area contributed by atoms with Gasteiger partial charge in [-0.05, 0) is 44.2 Å². The quantitative estimate of drug-likeness (QED) is 0.396. The summed E-state index contributed by atoms with van der Waals surface area (Å²) in [5.74, 6) is 0.0681. The van der Waals surface area contributed by atoms with E-state index < -0.39 is 5.41 Å². The molecule has 4 nitrogen and oxygen atoms in total. The molecule has 2 N–H and O–H groups in total. The van der Waals surface area contributed by atoms with E-state index in [2.05, 4.69) is 66.3 Å². The number of carbonyl (C=O) groups is 1. The number of H-pyrrole nitrogens is 2. The van der Waals surface area contributed by atoms with Crippen molar-refractivity contribution < 1.29 is 4.79 Å². The zero-order chi connectivity index (χ0) is 21.3. The van der Waals surface area contributed by atoms with Crippen LogP contribution in [0.2, 0.25) is 0 Å². The van der Waals surface area contributed by atoms with Gasteiger partial charge in [-0.3, -0.25) is 4.79 Å². The zero-order valence-corrected chi connectivity index (χ0v) is 17.8. The van der Waals surface area contributed by atoms with Crippen molar-refractivity contribution in [1.82, 2.24) is 9.97 Å². The van der Waals surface area contributed by atoms with E-state index in [1.807, 2.05) is 37.6 Å². The minimum atomic E-state index is -0.927. The third-order valence-corrected chi connectivity index (χ3v) is 6.78. The maximum absolute atomic E-state index is 14.2. The van der Waals surface area contributed by atoms with Gasteiger partial charge in [-0.15, -0.1) is 0 Å². The largest absolute Gasteiger partial charge is 0.361 e. The van der Waals surface area contributed by atoms with E-state index in [1.54, 1.807) is 4.90 Å². The highest BCUT2D eigenvalue weighted by Crippen LogP contribution is 2.53. The van der Waals surface area contributed by atoms with Crippen LogP contribution in [0.25, 0.3) is 21.8 Å². The Hall–Kier alpha value is -3.79. The van der Waals surface area contributed by atoms with Gasteiger partial charge in [-0.25, -0.2) is 0 Å². The number of likely N-dealkylation sites (N-methyl/N-ethyl adjacent to an activating group) is 1. The molecule has 31 heavy (non-hydrogen) atoms. The van der Waals surface area contributed by atoms with Gasteiger partial charge in [0.05, 0.1) is 0 Å². The number of rotatable bonds is 2. The van der Waals surface area contributed by atoms with Crippen molar-refractivity contribution in [1.29, 1.82) is 0 Å². The number of hydrogen-bond donors (Lipinski definition) is 2. The normalized spacial score (nSPS) is 15.2. The van der Waals surface area contributed by atoms with Crippen LogP contribution in [0.4, 0.5) is 5.69 Å². The molecule has 0 unspecified atom stereocenters. The van der Waals surface area contributed by atoms with Crippen LogP contribution in [-0.2, 0) is 10.2 Å². The minimum Gasteiger partial charge on any atom is -0.361 e. The number of aryl methyl sites for hydroxylation is 2. The molecule has 5 aromatic rings. The van der Waals surface area contributed by atoms with Gasteiger partial charge in [0.15, 0.2) is 0 Å². The van der Waals surface area contributed by atoms with Gasteiger partial charge in [0.2, 0.25) is 5.91 Å². The molecule has 152 valence electrons. The summed E-state index contributed by atoms with van der Waals surface area (Å²) in [5, 5.41) is 2.17. The Morgan fingerprint density at radius 2 is 1.29 bits per heavy atom. The maximum atomic E-state index is 14.2. The van der Waals surface area contributed by atoms with Crippen LogP contribution in [0.5, 0.6) is 0 Å². The number of aromatic nitrogens is 2. The van der Waals surface area contributed by atoms with E-state index in [0.717, 1.165) is 44.2 Å². The van der Waals surface area contributed by atoms with Crippen molar-refractivity contribution in [2.45, 2.75) is 19.3 Å². The van der Waals surface area contributed by atoms with E-state index in [4.69, 9.17) is 0 Å². The minimum absolute atomic E-state index is 0.0681. The summed E-state index contributed by atoms with van der Waals surface area (Å²) in [5.41, 5.74) is 7.46. The first-order valence-electron chi connectivity index (χ1n) is 10.6. The van der Waals surface area contributed by atoms with Crippen LogP contribution < -0.4 is 4.90 Å². The summed E-state index contributed by atoms with van der Waals surface area (Å²) in [6, 6.07) is 20.9. The fourth-order valence-electron chi connectivity index (χ4n) is 5.31. The molecule has 0 saturated carbocycles. The second-order valence-corrected chi connectivity index (χ2v) is 8.63. The molecule has 1 amide bonds. The summed E-state index contributed by atoms with van der Waals surface area (Å²) in [6.45, 7) is 4.18. The van der Waals surface area contributed by atoms with Crippen LogP contribution in [0, 0.1) is 13.8 Å². The van der Waals surface area contributed by atoms with Crippen molar-refractivity contribution in [2.24, 2.45) is 0 Å². The van der Waals surface area contributed by atoms with Gasteiger partial charge in [0.1, 0.15) is 5.41 Å². The third kappa shape index (κ3) is 2.22. The number of hydrogen-bond acceptors (Lipinski definition) is 1. The Balaban J connectivity index is 1.81. The van der Waals surface area contributed by atoms with Crippen LogP contribution in [0.15, 0.2) is 73.1 Å². The van der Waals surface area contributed by atoms with E-state index in [1.165, 1.54) is 11.1 Å². The van der Waals surface area contributed by atoms with Crippen LogP contribution in [0.1, 0.15) is 27.8 Å². The smallest absolute Gasteiger partial charge is 0.246 e. The molecule has 4 heteroatoms.